The molecule has 0 unspecified atom stereocenters. The Labute approximate surface area is 145 Å². The molecule has 0 spiro atoms. The number of nitrogens with zero attached hydrogens (tertiary/aromatic N) is 2. The third-order valence-corrected chi connectivity index (χ3v) is 3.31. The zero-order valence-corrected chi connectivity index (χ0v) is 14.3. The number of nitrogens with one attached hydrogen (secondary N) is 1. The minimum absolute atomic E-state index is 0. The molecule has 0 bridgehead atoms. The van der Waals surface area contributed by atoms with Gasteiger partial charge in [0.05, 0.1) is 48.4 Å². The van der Waals surface area contributed by atoms with Crippen molar-refractivity contribution in [2.45, 2.75) is 6.54 Å². The Morgan fingerprint density at radius 3 is 2.83 bits per heavy atom. The van der Waals surface area contributed by atoms with Crippen LogP contribution >= 0.6 is 24.0 Å². The second-order valence-corrected chi connectivity index (χ2v) is 4.92. The highest BCUT2D eigenvalue weighted by Gasteiger charge is 2.15. The minimum Gasteiger partial charge on any atom is -0.496 e. The number of carbonyl (C=O) groups is 1. The number of ether oxygens (including phenoxy) is 2. The largest absolute Gasteiger partial charge is 0.496 e. The monoisotopic (exact) mass is 360 g/mol. The van der Waals surface area contributed by atoms with E-state index in [0.29, 0.717) is 40.9 Å². The number of hydrogen-bond acceptors (Lipinski definition) is 5. The van der Waals surface area contributed by atoms with Gasteiger partial charge in [-0.05, 0) is 6.07 Å². The Morgan fingerprint density at radius 1 is 1.43 bits per heavy atom. The number of hydrogen-bond donors (Lipinski definition) is 2. The molecule has 9 heteroatoms. The third kappa shape index (κ3) is 4.75. The molecule has 0 radical (unpaired) electrons. The van der Waals surface area contributed by atoms with Crippen LogP contribution < -0.4 is 15.8 Å². The molecule has 2 rings (SSSR count). The van der Waals surface area contributed by atoms with Gasteiger partial charge in [-0.2, -0.15) is 5.10 Å². The molecular weight excluding hydrogens is 343 g/mol. The maximum atomic E-state index is 12.3. The van der Waals surface area contributed by atoms with Gasteiger partial charge in [-0.1, -0.05) is 11.6 Å². The van der Waals surface area contributed by atoms with Crippen molar-refractivity contribution in [1.29, 1.82) is 0 Å². The van der Waals surface area contributed by atoms with Crippen molar-refractivity contribution in [1.82, 2.24) is 9.78 Å². The number of methoxy groups -OCH3 is 2. The van der Waals surface area contributed by atoms with E-state index in [2.05, 4.69) is 10.4 Å². The summed E-state index contributed by atoms with van der Waals surface area (Å²) in [5.74, 6) is -0.00350. The maximum Gasteiger partial charge on any atom is 0.259 e. The molecule has 1 aromatic carbocycles. The Balaban J connectivity index is 0.00000264. The van der Waals surface area contributed by atoms with Crippen LogP contribution in [0, 0.1) is 0 Å². The van der Waals surface area contributed by atoms with Gasteiger partial charge in [-0.3, -0.25) is 9.48 Å². The van der Waals surface area contributed by atoms with Crippen molar-refractivity contribution < 1.29 is 14.3 Å². The predicted octanol–water partition coefficient (Wildman–Crippen LogP) is 2.45. The average Bonchev–Trinajstić information content (AvgIpc) is 2.94. The predicted molar refractivity (Wildman–Crippen MR) is 91.7 cm³/mol. The van der Waals surface area contributed by atoms with E-state index < -0.39 is 0 Å². The molecule has 1 amide bonds. The molecule has 0 aliphatic heterocycles. The lowest BCUT2D eigenvalue weighted by atomic mass is 10.1. The fourth-order valence-electron chi connectivity index (χ4n) is 1.85. The molecule has 126 valence electrons. The zero-order chi connectivity index (χ0) is 16.1. The van der Waals surface area contributed by atoms with Crippen molar-refractivity contribution in [2.75, 3.05) is 31.9 Å². The summed E-state index contributed by atoms with van der Waals surface area (Å²) in [7, 11) is 3.07. The Bertz CT molecular complexity index is 676. The van der Waals surface area contributed by atoms with Gasteiger partial charge in [0, 0.05) is 19.4 Å². The SMILES string of the molecule is COCCn1cc(NC(=O)c2cc(Cl)c(N)cc2OC)cn1.Cl. The van der Waals surface area contributed by atoms with E-state index in [0.717, 1.165) is 0 Å². The van der Waals surface area contributed by atoms with Gasteiger partial charge < -0.3 is 20.5 Å². The van der Waals surface area contributed by atoms with Gasteiger partial charge in [0.15, 0.2) is 0 Å². The number of amides is 1. The molecule has 23 heavy (non-hydrogen) atoms. The summed E-state index contributed by atoms with van der Waals surface area (Å²) in [4.78, 5) is 12.3. The first-order chi connectivity index (χ1) is 10.5. The first-order valence-electron chi connectivity index (χ1n) is 6.51. The van der Waals surface area contributed by atoms with Crippen LogP contribution in [0.1, 0.15) is 10.4 Å². The normalized spacial score (nSPS) is 10.0. The zero-order valence-electron chi connectivity index (χ0n) is 12.7. The number of halogens is 2. The van der Waals surface area contributed by atoms with Gasteiger partial charge in [-0.15, -0.1) is 12.4 Å². The lowest BCUT2D eigenvalue weighted by molar-refractivity contribution is 0.102. The summed E-state index contributed by atoms with van der Waals surface area (Å²) in [6.07, 6.45) is 3.27. The molecule has 0 saturated carbocycles. The fourth-order valence-corrected chi connectivity index (χ4v) is 2.01. The maximum absolute atomic E-state index is 12.3. The Morgan fingerprint density at radius 2 is 2.17 bits per heavy atom. The van der Waals surface area contributed by atoms with E-state index in [1.807, 2.05) is 0 Å². The van der Waals surface area contributed by atoms with Gasteiger partial charge in [0.2, 0.25) is 0 Å². The number of benzene rings is 1. The first kappa shape index (κ1) is 19.1. The summed E-state index contributed by atoms with van der Waals surface area (Å²) in [5, 5.41) is 7.15. The van der Waals surface area contributed by atoms with Crippen LogP contribution in [0.5, 0.6) is 5.75 Å². The summed E-state index contributed by atoms with van der Waals surface area (Å²) >= 11 is 5.96. The highest BCUT2D eigenvalue weighted by atomic mass is 35.5. The quantitative estimate of drug-likeness (QED) is 0.772. The van der Waals surface area contributed by atoms with Crippen LogP contribution in [-0.4, -0.2) is 36.5 Å². The van der Waals surface area contributed by atoms with Crippen LogP contribution in [0.25, 0.3) is 0 Å². The van der Waals surface area contributed by atoms with Crippen LogP contribution in [0.3, 0.4) is 0 Å². The van der Waals surface area contributed by atoms with Crippen molar-refractivity contribution in [2.24, 2.45) is 0 Å². The Kier molecular flexibility index (Phi) is 7.15. The third-order valence-electron chi connectivity index (χ3n) is 2.98. The standard InChI is InChI=1S/C14H17ClN4O3.ClH/c1-21-4-3-19-8-9(7-17-19)18-14(20)10-5-11(15)12(16)6-13(10)22-2;/h5-8H,3-4,16H2,1-2H3,(H,18,20);1H. The minimum atomic E-state index is -0.356. The highest BCUT2D eigenvalue weighted by molar-refractivity contribution is 6.33. The molecule has 2 aromatic rings. The van der Waals surface area contributed by atoms with Crippen molar-refractivity contribution in [3.05, 3.63) is 35.1 Å². The van der Waals surface area contributed by atoms with Crippen LogP contribution in [0.15, 0.2) is 24.5 Å². The summed E-state index contributed by atoms with van der Waals surface area (Å²) in [5.41, 5.74) is 6.91. The lowest BCUT2D eigenvalue weighted by Gasteiger charge is -2.10. The molecule has 3 N–H and O–H groups in total. The van der Waals surface area contributed by atoms with Crippen LogP contribution in [-0.2, 0) is 11.3 Å². The van der Waals surface area contributed by atoms with E-state index in [4.69, 9.17) is 26.8 Å². The Hall–Kier alpha value is -1.96. The van der Waals surface area contributed by atoms with E-state index in [-0.39, 0.29) is 18.3 Å². The second kappa shape index (κ2) is 8.61. The summed E-state index contributed by atoms with van der Waals surface area (Å²) < 4.78 is 11.8. The summed E-state index contributed by atoms with van der Waals surface area (Å²) in [6, 6.07) is 2.99. The lowest BCUT2D eigenvalue weighted by Crippen LogP contribution is -2.13. The molecule has 0 aliphatic carbocycles. The van der Waals surface area contributed by atoms with E-state index in [9.17, 15) is 4.79 Å². The molecule has 0 aliphatic rings. The van der Waals surface area contributed by atoms with Crippen molar-refractivity contribution >= 4 is 41.3 Å². The van der Waals surface area contributed by atoms with Gasteiger partial charge >= 0.3 is 0 Å². The van der Waals surface area contributed by atoms with Crippen molar-refractivity contribution in [3.8, 4) is 5.75 Å². The molecule has 0 fully saturated rings. The number of nitrogens with two attached hydrogens (primary N) is 1. The first-order valence-corrected chi connectivity index (χ1v) is 6.88. The van der Waals surface area contributed by atoms with Gasteiger partial charge in [0.1, 0.15) is 5.75 Å². The summed E-state index contributed by atoms with van der Waals surface area (Å²) in [6.45, 7) is 1.14. The number of carbonyl (C=O) groups excluding carboxylic acids is 1. The fraction of sp³-hybridized carbons (Fsp3) is 0.286. The number of nitrogen functional groups attached to an aromatic ring is 1. The molecule has 7 nitrogen and oxygen atoms in total. The number of rotatable bonds is 6. The smallest absolute Gasteiger partial charge is 0.259 e. The van der Waals surface area contributed by atoms with Crippen LogP contribution in [0.4, 0.5) is 11.4 Å². The number of aromatic nitrogens is 2. The van der Waals surface area contributed by atoms with Gasteiger partial charge in [0.25, 0.3) is 5.91 Å². The molecule has 0 atom stereocenters. The van der Waals surface area contributed by atoms with Crippen molar-refractivity contribution in [3.63, 3.8) is 0 Å². The van der Waals surface area contributed by atoms with E-state index in [1.54, 1.807) is 24.2 Å². The molecular formula is C14H18Cl2N4O3. The molecule has 1 aromatic heterocycles. The number of anilines is 2. The molecule has 0 saturated heterocycles. The average molecular weight is 361 g/mol. The molecule has 1 heterocycles. The van der Waals surface area contributed by atoms with Gasteiger partial charge in [-0.25, -0.2) is 0 Å². The van der Waals surface area contributed by atoms with Crippen LogP contribution in [0.2, 0.25) is 5.02 Å². The highest BCUT2D eigenvalue weighted by Crippen LogP contribution is 2.29. The van der Waals surface area contributed by atoms with E-state index >= 15 is 0 Å². The van der Waals surface area contributed by atoms with E-state index in [1.165, 1.54) is 19.2 Å². The second-order valence-electron chi connectivity index (χ2n) is 4.51. The topological polar surface area (TPSA) is 91.4 Å².